The van der Waals surface area contributed by atoms with Gasteiger partial charge in [0.2, 0.25) is 11.8 Å². The minimum atomic E-state index is -0.603. The number of rotatable bonds is 4. The summed E-state index contributed by atoms with van der Waals surface area (Å²) >= 11 is 0. The molecule has 100 valence electrons. The van der Waals surface area contributed by atoms with Gasteiger partial charge in [-0.05, 0) is 12.1 Å². The molecule has 2 aromatic rings. The maximum absolute atomic E-state index is 13.6. The third kappa shape index (κ3) is 3.09. The quantitative estimate of drug-likeness (QED) is 0.917. The molecule has 5 nitrogen and oxygen atoms in total. The lowest BCUT2D eigenvalue weighted by Gasteiger charge is -2.13. The van der Waals surface area contributed by atoms with Crippen LogP contribution in [0, 0.1) is 5.82 Å². The average molecular weight is 262 g/mol. The molecule has 0 saturated heterocycles. The molecule has 0 spiro atoms. The number of nitrogens with zero attached hydrogens (tertiary/aromatic N) is 3. The Morgan fingerprint density at radius 1 is 1.32 bits per heavy atom. The van der Waals surface area contributed by atoms with Crippen molar-refractivity contribution in [3.05, 3.63) is 36.3 Å². The summed E-state index contributed by atoms with van der Waals surface area (Å²) < 4.78 is 19.0. The van der Waals surface area contributed by atoms with Gasteiger partial charge in [-0.15, -0.1) is 0 Å². The normalized spacial score (nSPS) is 10.1. The molecule has 1 aromatic heterocycles. The van der Waals surface area contributed by atoms with E-state index in [4.69, 9.17) is 4.74 Å². The van der Waals surface area contributed by atoms with E-state index in [1.54, 1.807) is 19.2 Å². The van der Waals surface area contributed by atoms with Crippen molar-refractivity contribution in [3.63, 3.8) is 0 Å². The Morgan fingerprint density at radius 2 is 2.11 bits per heavy atom. The molecule has 0 aliphatic heterocycles. The first-order valence-corrected chi connectivity index (χ1v) is 5.75. The fourth-order valence-electron chi connectivity index (χ4n) is 1.48. The van der Waals surface area contributed by atoms with Gasteiger partial charge in [0, 0.05) is 32.9 Å². The molecule has 0 atom stereocenters. The smallest absolute Gasteiger partial charge is 0.260 e. The minimum absolute atomic E-state index is 0.102. The summed E-state index contributed by atoms with van der Waals surface area (Å²) in [6, 6.07) is 7.32. The summed E-state index contributed by atoms with van der Waals surface area (Å²) in [6.07, 6.45) is 1.07. The molecule has 0 radical (unpaired) electrons. The van der Waals surface area contributed by atoms with Crippen LogP contribution in [-0.2, 0) is 0 Å². The molecule has 2 rings (SSSR count). The highest BCUT2D eigenvalue weighted by Gasteiger charge is 2.09. The summed E-state index contributed by atoms with van der Waals surface area (Å²) in [4.78, 5) is 9.62. The second-order valence-electron chi connectivity index (χ2n) is 4.09. The van der Waals surface area contributed by atoms with Crippen molar-refractivity contribution in [2.45, 2.75) is 0 Å². The predicted octanol–water partition coefficient (Wildman–Crippen LogP) is 2.52. The first-order valence-electron chi connectivity index (χ1n) is 5.75. The molecule has 19 heavy (non-hydrogen) atoms. The van der Waals surface area contributed by atoms with E-state index in [9.17, 15) is 4.39 Å². The highest BCUT2D eigenvalue weighted by atomic mass is 19.1. The van der Waals surface area contributed by atoms with Gasteiger partial charge in [-0.1, -0.05) is 6.07 Å². The molecule has 1 heterocycles. The first kappa shape index (κ1) is 13.1. The van der Waals surface area contributed by atoms with Gasteiger partial charge in [-0.2, -0.15) is 9.37 Å². The number of aromatic nitrogens is 2. The Kier molecular flexibility index (Phi) is 3.79. The maximum Gasteiger partial charge on any atom is 0.260 e. The average Bonchev–Trinajstić information content (AvgIpc) is 2.41. The molecule has 0 aliphatic rings. The monoisotopic (exact) mass is 262 g/mol. The first-order chi connectivity index (χ1) is 9.10. The van der Waals surface area contributed by atoms with Crippen molar-refractivity contribution in [2.24, 2.45) is 0 Å². The van der Waals surface area contributed by atoms with E-state index in [1.165, 1.54) is 0 Å². The number of ether oxygens (including phenoxy) is 1. The van der Waals surface area contributed by atoms with Crippen LogP contribution in [0.2, 0.25) is 0 Å². The number of halogens is 1. The topological polar surface area (TPSA) is 50.3 Å². The van der Waals surface area contributed by atoms with Gasteiger partial charge >= 0.3 is 0 Å². The maximum atomic E-state index is 13.6. The highest BCUT2D eigenvalue weighted by molar-refractivity contribution is 5.50. The lowest BCUT2D eigenvalue weighted by Crippen LogP contribution is -2.08. The van der Waals surface area contributed by atoms with Crippen LogP contribution in [0.5, 0.6) is 11.6 Å². The Labute approximate surface area is 111 Å². The SMILES string of the molecule is CNc1ncc(F)c(Oc2cccc(N(C)C)c2)n1. The Morgan fingerprint density at radius 3 is 2.79 bits per heavy atom. The van der Waals surface area contributed by atoms with Crippen molar-refractivity contribution in [1.82, 2.24) is 9.97 Å². The standard InChI is InChI=1S/C13H15FN4O/c1-15-13-16-8-11(14)12(17-13)19-10-6-4-5-9(7-10)18(2)3/h4-8H,1-3H3,(H,15,16,17). The molecule has 0 amide bonds. The van der Waals surface area contributed by atoms with Crippen LogP contribution >= 0.6 is 0 Å². The Balaban J connectivity index is 2.28. The molecular formula is C13H15FN4O. The Hall–Kier alpha value is -2.37. The van der Waals surface area contributed by atoms with E-state index in [-0.39, 0.29) is 5.88 Å². The summed E-state index contributed by atoms with van der Waals surface area (Å²) in [5.41, 5.74) is 0.959. The van der Waals surface area contributed by atoms with Gasteiger partial charge < -0.3 is 15.0 Å². The molecule has 0 aliphatic carbocycles. The van der Waals surface area contributed by atoms with Crippen molar-refractivity contribution >= 4 is 11.6 Å². The molecule has 1 aromatic carbocycles. The van der Waals surface area contributed by atoms with Crippen LogP contribution in [0.3, 0.4) is 0 Å². The second-order valence-corrected chi connectivity index (χ2v) is 4.09. The predicted molar refractivity (Wildman–Crippen MR) is 72.4 cm³/mol. The highest BCUT2D eigenvalue weighted by Crippen LogP contribution is 2.25. The zero-order valence-corrected chi connectivity index (χ0v) is 11.0. The van der Waals surface area contributed by atoms with Crippen molar-refractivity contribution in [1.29, 1.82) is 0 Å². The van der Waals surface area contributed by atoms with Crippen molar-refractivity contribution in [2.75, 3.05) is 31.4 Å². The molecule has 0 fully saturated rings. The van der Waals surface area contributed by atoms with Crippen LogP contribution < -0.4 is 15.0 Å². The third-order valence-electron chi connectivity index (χ3n) is 2.48. The lowest BCUT2D eigenvalue weighted by molar-refractivity contribution is 0.421. The van der Waals surface area contributed by atoms with E-state index in [0.717, 1.165) is 11.9 Å². The van der Waals surface area contributed by atoms with E-state index in [0.29, 0.717) is 11.7 Å². The zero-order chi connectivity index (χ0) is 13.8. The van der Waals surface area contributed by atoms with Crippen LogP contribution in [-0.4, -0.2) is 31.1 Å². The molecule has 1 N–H and O–H groups in total. The fourth-order valence-corrected chi connectivity index (χ4v) is 1.48. The summed E-state index contributed by atoms with van der Waals surface area (Å²) in [6.45, 7) is 0. The van der Waals surface area contributed by atoms with Crippen molar-refractivity contribution < 1.29 is 9.13 Å². The van der Waals surface area contributed by atoms with Crippen LogP contribution in [0.15, 0.2) is 30.5 Å². The minimum Gasteiger partial charge on any atom is -0.436 e. The molecule has 0 saturated carbocycles. The summed E-state index contributed by atoms with van der Waals surface area (Å²) in [5, 5.41) is 2.73. The number of nitrogens with one attached hydrogen (secondary N) is 1. The summed E-state index contributed by atoms with van der Waals surface area (Å²) in [5.74, 6) is 0.121. The number of anilines is 2. The second kappa shape index (κ2) is 5.51. The van der Waals surface area contributed by atoms with Crippen LogP contribution in [0.1, 0.15) is 0 Å². The molecular weight excluding hydrogens is 247 g/mol. The Bertz CT molecular complexity index is 574. The zero-order valence-electron chi connectivity index (χ0n) is 11.0. The number of benzene rings is 1. The van der Waals surface area contributed by atoms with Gasteiger partial charge in [0.05, 0.1) is 6.20 Å². The van der Waals surface area contributed by atoms with Gasteiger partial charge in [0.1, 0.15) is 5.75 Å². The van der Waals surface area contributed by atoms with E-state index < -0.39 is 5.82 Å². The largest absolute Gasteiger partial charge is 0.436 e. The van der Waals surface area contributed by atoms with Crippen LogP contribution in [0.4, 0.5) is 16.0 Å². The fraction of sp³-hybridized carbons (Fsp3) is 0.231. The third-order valence-corrected chi connectivity index (χ3v) is 2.48. The number of hydrogen-bond donors (Lipinski definition) is 1. The van der Waals surface area contributed by atoms with E-state index in [1.807, 2.05) is 31.1 Å². The van der Waals surface area contributed by atoms with Gasteiger partial charge in [-0.3, -0.25) is 0 Å². The molecule has 6 heteroatoms. The van der Waals surface area contributed by atoms with E-state index in [2.05, 4.69) is 15.3 Å². The van der Waals surface area contributed by atoms with Crippen molar-refractivity contribution in [3.8, 4) is 11.6 Å². The van der Waals surface area contributed by atoms with Gasteiger partial charge in [-0.25, -0.2) is 4.98 Å². The lowest BCUT2D eigenvalue weighted by atomic mass is 10.3. The molecule has 0 bridgehead atoms. The summed E-state index contributed by atoms with van der Waals surface area (Å²) in [7, 11) is 5.50. The number of hydrogen-bond acceptors (Lipinski definition) is 5. The molecule has 0 unspecified atom stereocenters. The van der Waals surface area contributed by atoms with Gasteiger partial charge in [0.15, 0.2) is 0 Å². The van der Waals surface area contributed by atoms with Gasteiger partial charge in [0.25, 0.3) is 5.88 Å². The van der Waals surface area contributed by atoms with Crippen LogP contribution in [0.25, 0.3) is 0 Å². The van der Waals surface area contributed by atoms with E-state index >= 15 is 0 Å².